The normalized spacial score (nSPS) is 10.7. The highest BCUT2D eigenvalue weighted by molar-refractivity contribution is 5.93. The molecule has 0 atom stereocenters. The van der Waals surface area contributed by atoms with Gasteiger partial charge in [-0.15, -0.1) is 0 Å². The first kappa shape index (κ1) is 8.88. The average molecular weight is 188 g/mol. The molecule has 0 bridgehead atoms. The van der Waals surface area contributed by atoms with Crippen molar-refractivity contribution in [1.29, 1.82) is 0 Å². The van der Waals surface area contributed by atoms with Crippen LogP contribution in [0.15, 0.2) is 24.3 Å². The van der Waals surface area contributed by atoms with Gasteiger partial charge in [0.25, 0.3) is 0 Å². The third kappa shape index (κ3) is 1.20. The van der Waals surface area contributed by atoms with Gasteiger partial charge in [0.2, 0.25) is 0 Å². The van der Waals surface area contributed by atoms with Gasteiger partial charge in [-0.1, -0.05) is 0 Å². The van der Waals surface area contributed by atoms with Crippen molar-refractivity contribution in [3.05, 3.63) is 35.4 Å². The van der Waals surface area contributed by atoms with E-state index in [9.17, 15) is 10.2 Å². The molecule has 0 amide bonds. The Labute approximate surface area is 82.4 Å². The highest BCUT2D eigenvalue weighted by Gasteiger charge is 2.05. The number of fused-ring (bicyclic) bond motifs is 1. The van der Waals surface area contributed by atoms with Crippen molar-refractivity contribution in [2.24, 2.45) is 0 Å². The number of aromatic hydroxyl groups is 2. The van der Waals surface area contributed by atoms with Crippen molar-refractivity contribution in [3.63, 3.8) is 0 Å². The van der Waals surface area contributed by atoms with Gasteiger partial charge >= 0.3 is 0 Å². The van der Waals surface area contributed by atoms with Crippen LogP contribution in [0, 0.1) is 13.8 Å². The van der Waals surface area contributed by atoms with E-state index in [1.807, 2.05) is 26.0 Å². The maximum absolute atomic E-state index is 9.60. The lowest BCUT2D eigenvalue weighted by Crippen LogP contribution is -1.83. The Balaban J connectivity index is 2.94. The van der Waals surface area contributed by atoms with E-state index in [-0.39, 0.29) is 11.5 Å². The van der Waals surface area contributed by atoms with E-state index in [1.54, 1.807) is 0 Å². The molecule has 0 aliphatic carbocycles. The predicted molar refractivity (Wildman–Crippen MR) is 56.8 cm³/mol. The topological polar surface area (TPSA) is 40.5 Å². The van der Waals surface area contributed by atoms with E-state index >= 15 is 0 Å². The Morgan fingerprint density at radius 2 is 1.14 bits per heavy atom. The van der Waals surface area contributed by atoms with E-state index in [2.05, 4.69) is 0 Å². The molecule has 0 aliphatic heterocycles. The Kier molecular flexibility index (Phi) is 1.84. The smallest absolute Gasteiger partial charge is 0.123 e. The summed E-state index contributed by atoms with van der Waals surface area (Å²) >= 11 is 0. The van der Waals surface area contributed by atoms with E-state index in [0.717, 1.165) is 11.1 Å². The predicted octanol–water partition coefficient (Wildman–Crippen LogP) is 2.87. The second kappa shape index (κ2) is 2.91. The van der Waals surface area contributed by atoms with Crippen LogP contribution in [0.1, 0.15) is 11.1 Å². The summed E-state index contributed by atoms with van der Waals surface area (Å²) in [5, 5.41) is 20.6. The van der Waals surface area contributed by atoms with Crippen LogP contribution in [-0.4, -0.2) is 10.2 Å². The van der Waals surface area contributed by atoms with Crippen LogP contribution >= 0.6 is 0 Å². The third-order valence-electron chi connectivity index (χ3n) is 2.58. The van der Waals surface area contributed by atoms with Crippen LogP contribution < -0.4 is 0 Å². The summed E-state index contributed by atoms with van der Waals surface area (Å²) in [5.41, 5.74) is 2.22. The highest BCUT2D eigenvalue weighted by Crippen LogP contribution is 2.33. The van der Waals surface area contributed by atoms with Crippen molar-refractivity contribution < 1.29 is 10.2 Å². The molecule has 0 unspecified atom stereocenters. The fraction of sp³-hybridized carbons (Fsp3) is 0.167. The van der Waals surface area contributed by atoms with E-state index in [0.29, 0.717) is 10.8 Å². The molecule has 2 nitrogen and oxygen atoms in total. The van der Waals surface area contributed by atoms with Crippen molar-refractivity contribution in [3.8, 4) is 11.5 Å². The summed E-state index contributed by atoms with van der Waals surface area (Å²) < 4.78 is 0. The number of benzene rings is 2. The molecule has 0 saturated heterocycles. The van der Waals surface area contributed by atoms with E-state index in [4.69, 9.17) is 0 Å². The molecule has 0 aliphatic rings. The molecule has 2 rings (SSSR count). The molecular weight excluding hydrogens is 176 g/mol. The Hall–Kier alpha value is -1.70. The van der Waals surface area contributed by atoms with Crippen LogP contribution in [0.5, 0.6) is 11.5 Å². The van der Waals surface area contributed by atoms with Crippen LogP contribution in [0.4, 0.5) is 0 Å². The third-order valence-corrected chi connectivity index (χ3v) is 2.58. The van der Waals surface area contributed by atoms with Crippen LogP contribution in [-0.2, 0) is 0 Å². The van der Waals surface area contributed by atoms with Gasteiger partial charge in [0, 0.05) is 10.8 Å². The quantitative estimate of drug-likeness (QED) is 0.624. The molecule has 72 valence electrons. The molecule has 0 aromatic heterocycles. The lowest BCUT2D eigenvalue weighted by molar-refractivity contribution is 0.469. The fourth-order valence-corrected chi connectivity index (χ4v) is 1.58. The number of rotatable bonds is 0. The molecule has 2 heteroatoms. The maximum atomic E-state index is 9.60. The van der Waals surface area contributed by atoms with Gasteiger partial charge in [-0.2, -0.15) is 0 Å². The van der Waals surface area contributed by atoms with Gasteiger partial charge in [-0.3, -0.25) is 0 Å². The number of hydrogen-bond donors (Lipinski definition) is 2. The van der Waals surface area contributed by atoms with Gasteiger partial charge in [-0.25, -0.2) is 0 Å². The van der Waals surface area contributed by atoms with Gasteiger partial charge in [-0.05, 0) is 49.2 Å². The molecule has 2 aromatic rings. The lowest BCUT2D eigenvalue weighted by Gasteiger charge is -2.07. The molecule has 0 saturated carbocycles. The summed E-state index contributed by atoms with van der Waals surface area (Å²) in [6, 6.07) is 6.79. The SMILES string of the molecule is Cc1cc2c(O)ccc(O)c2cc1C. The standard InChI is InChI=1S/C12H12O2/c1-7-5-9-10(6-8(7)2)12(14)4-3-11(9)13/h3-6,13-14H,1-2H3. The second-order valence-corrected chi connectivity index (χ2v) is 3.59. The van der Waals surface area contributed by atoms with Crippen molar-refractivity contribution in [2.45, 2.75) is 13.8 Å². The number of phenolic OH excluding ortho intramolecular Hbond substituents is 2. The Morgan fingerprint density at radius 1 is 0.786 bits per heavy atom. The largest absolute Gasteiger partial charge is 0.507 e. The fourth-order valence-electron chi connectivity index (χ4n) is 1.58. The summed E-state index contributed by atoms with van der Waals surface area (Å²) in [5.74, 6) is 0.418. The summed E-state index contributed by atoms with van der Waals surface area (Å²) in [6.45, 7) is 3.97. The minimum Gasteiger partial charge on any atom is -0.507 e. The maximum Gasteiger partial charge on any atom is 0.123 e. The highest BCUT2D eigenvalue weighted by atomic mass is 16.3. The molecule has 0 fully saturated rings. The molecule has 2 N–H and O–H groups in total. The van der Waals surface area contributed by atoms with Gasteiger partial charge in [0.15, 0.2) is 0 Å². The minimum atomic E-state index is 0.209. The van der Waals surface area contributed by atoms with E-state index in [1.165, 1.54) is 12.1 Å². The summed E-state index contributed by atoms with van der Waals surface area (Å²) in [6.07, 6.45) is 0. The van der Waals surface area contributed by atoms with Crippen LogP contribution in [0.3, 0.4) is 0 Å². The minimum absolute atomic E-state index is 0.209. The molecule has 14 heavy (non-hydrogen) atoms. The first-order valence-corrected chi connectivity index (χ1v) is 4.51. The summed E-state index contributed by atoms with van der Waals surface area (Å²) in [4.78, 5) is 0. The molecule has 2 aromatic carbocycles. The van der Waals surface area contributed by atoms with Crippen molar-refractivity contribution in [1.82, 2.24) is 0 Å². The Bertz CT molecular complexity index is 455. The number of phenols is 2. The summed E-state index contributed by atoms with van der Waals surface area (Å²) in [7, 11) is 0. The van der Waals surface area contributed by atoms with Gasteiger partial charge in [0.05, 0.1) is 0 Å². The zero-order chi connectivity index (χ0) is 10.3. The molecule has 0 radical (unpaired) electrons. The van der Waals surface area contributed by atoms with Crippen molar-refractivity contribution in [2.75, 3.05) is 0 Å². The second-order valence-electron chi connectivity index (χ2n) is 3.59. The Morgan fingerprint density at radius 3 is 1.50 bits per heavy atom. The first-order chi connectivity index (χ1) is 6.59. The van der Waals surface area contributed by atoms with Crippen LogP contribution in [0.25, 0.3) is 10.8 Å². The monoisotopic (exact) mass is 188 g/mol. The number of aryl methyl sites for hydroxylation is 2. The zero-order valence-corrected chi connectivity index (χ0v) is 8.20. The first-order valence-electron chi connectivity index (χ1n) is 4.51. The van der Waals surface area contributed by atoms with Crippen LogP contribution in [0.2, 0.25) is 0 Å². The lowest BCUT2D eigenvalue weighted by atomic mass is 10.0. The van der Waals surface area contributed by atoms with E-state index < -0.39 is 0 Å². The average Bonchev–Trinajstić information content (AvgIpc) is 2.15. The van der Waals surface area contributed by atoms with Gasteiger partial charge < -0.3 is 10.2 Å². The zero-order valence-electron chi connectivity index (χ0n) is 8.20. The number of hydrogen-bond acceptors (Lipinski definition) is 2. The van der Waals surface area contributed by atoms with Crippen molar-refractivity contribution >= 4 is 10.8 Å². The molecule has 0 spiro atoms. The van der Waals surface area contributed by atoms with Gasteiger partial charge in [0.1, 0.15) is 11.5 Å². The molecule has 0 heterocycles. The molecular formula is C12H12O2.